The SMILES string of the molecule is CC(C)COc1c(C(N2CC(C)(C)C(=O)N2)C(F)(F)F)ccc2ccccc12. The number of carbonyl (C=O) groups is 1. The van der Waals surface area contributed by atoms with E-state index < -0.39 is 23.5 Å². The summed E-state index contributed by atoms with van der Waals surface area (Å²) >= 11 is 0. The molecule has 0 radical (unpaired) electrons. The minimum Gasteiger partial charge on any atom is -0.492 e. The molecule has 4 nitrogen and oxygen atoms in total. The number of rotatable bonds is 5. The zero-order valence-electron chi connectivity index (χ0n) is 16.4. The fraction of sp³-hybridized carbons (Fsp3) is 0.476. The van der Waals surface area contributed by atoms with E-state index in [0.717, 1.165) is 10.4 Å². The number of nitrogens with zero attached hydrogens (tertiary/aromatic N) is 1. The first-order chi connectivity index (χ1) is 13.0. The van der Waals surface area contributed by atoms with Gasteiger partial charge in [-0.2, -0.15) is 13.2 Å². The van der Waals surface area contributed by atoms with E-state index in [4.69, 9.17) is 4.74 Å². The molecule has 0 saturated carbocycles. The van der Waals surface area contributed by atoms with Gasteiger partial charge in [0.05, 0.1) is 12.0 Å². The first-order valence-corrected chi connectivity index (χ1v) is 9.29. The Bertz CT molecular complexity index is 878. The number of alkyl halides is 3. The van der Waals surface area contributed by atoms with Crippen LogP contribution < -0.4 is 10.2 Å². The van der Waals surface area contributed by atoms with Crippen LogP contribution >= 0.6 is 0 Å². The summed E-state index contributed by atoms with van der Waals surface area (Å²) in [5.74, 6) is -0.0538. The monoisotopic (exact) mass is 394 g/mol. The summed E-state index contributed by atoms with van der Waals surface area (Å²) in [5.41, 5.74) is 1.51. The zero-order valence-corrected chi connectivity index (χ0v) is 16.4. The van der Waals surface area contributed by atoms with Crippen LogP contribution in [0.4, 0.5) is 13.2 Å². The number of carbonyl (C=O) groups excluding carboxylic acids is 1. The van der Waals surface area contributed by atoms with Crippen LogP contribution in [0.25, 0.3) is 10.8 Å². The number of hydrogen-bond donors (Lipinski definition) is 1. The van der Waals surface area contributed by atoms with Crippen molar-refractivity contribution in [3.05, 3.63) is 42.0 Å². The third-order valence-electron chi connectivity index (χ3n) is 4.81. The Hall–Kier alpha value is -2.28. The van der Waals surface area contributed by atoms with E-state index in [9.17, 15) is 18.0 Å². The Morgan fingerprint density at radius 2 is 1.86 bits per heavy atom. The van der Waals surface area contributed by atoms with Gasteiger partial charge in [0.25, 0.3) is 0 Å². The summed E-state index contributed by atoms with van der Waals surface area (Å²) in [4.78, 5) is 12.1. The minimum atomic E-state index is -4.59. The maximum Gasteiger partial charge on any atom is 0.410 e. The van der Waals surface area contributed by atoms with Crippen molar-refractivity contribution in [2.75, 3.05) is 13.2 Å². The number of nitrogens with one attached hydrogen (secondary N) is 1. The molecule has 1 aliphatic rings. The van der Waals surface area contributed by atoms with Gasteiger partial charge in [-0.25, -0.2) is 5.01 Å². The van der Waals surface area contributed by atoms with Gasteiger partial charge >= 0.3 is 6.18 Å². The van der Waals surface area contributed by atoms with Gasteiger partial charge in [-0.3, -0.25) is 10.2 Å². The lowest BCUT2D eigenvalue weighted by molar-refractivity contribution is -0.192. The minimum absolute atomic E-state index is 0.00449. The number of hydrogen-bond acceptors (Lipinski definition) is 3. The molecule has 1 heterocycles. The fourth-order valence-corrected chi connectivity index (χ4v) is 3.38. The molecule has 0 bridgehead atoms. The van der Waals surface area contributed by atoms with E-state index in [0.29, 0.717) is 12.0 Å². The van der Waals surface area contributed by atoms with Gasteiger partial charge in [0, 0.05) is 17.5 Å². The second-order valence-corrected chi connectivity index (χ2v) is 8.31. The van der Waals surface area contributed by atoms with E-state index in [1.54, 1.807) is 32.0 Å². The zero-order chi connectivity index (χ0) is 20.7. The van der Waals surface area contributed by atoms with Crippen LogP contribution in [-0.2, 0) is 4.79 Å². The van der Waals surface area contributed by atoms with Crippen molar-refractivity contribution in [3.8, 4) is 5.75 Å². The highest BCUT2D eigenvalue weighted by molar-refractivity contribution is 5.90. The van der Waals surface area contributed by atoms with Crippen LogP contribution in [0.3, 0.4) is 0 Å². The molecule has 1 saturated heterocycles. The molecule has 1 fully saturated rings. The molecule has 3 rings (SSSR count). The molecule has 28 heavy (non-hydrogen) atoms. The van der Waals surface area contributed by atoms with Crippen LogP contribution in [0.15, 0.2) is 36.4 Å². The van der Waals surface area contributed by atoms with Crippen LogP contribution in [0.2, 0.25) is 0 Å². The highest BCUT2D eigenvalue weighted by Gasteiger charge is 2.52. The molecule has 1 atom stereocenters. The van der Waals surface area contributed by atoms with E-state index in [2.05, 4.69) is 5.43 Å². The first kappa shape index (κ1) is 20.5. The highest BCUT2D eigenvalue weighted by atomic mass is 19.4. The number of halogens is 3. The number of benzene rings is 2. The van der Waals surface area contributed by atoms with Crippen molar-refractivity contribution < 1.29 is 22.7 Å². The lowest BCUT2D eigenvalue weighted by Crippen LogP contribution is -2.43. The Morgan fingerprint density at radius 1 is 1.18 bits per heavy atom. The maximum atomic E-state index is 14.2. The smallest absolute Gasteiger partial charge is 0.410 e. The summed E-state index contributed by atoms with van der Waals surface area (Å²) in [5, 5.41) is 2.41. The first-order valence-electron chi connectivity index (χ1n) is 9.29. The average Bonchev–Trinajstić information content (AvgIpc) is 2.84. The Morgan fingerprint density at radius 3 is 2.43 bits per heavy atom. The van der Waals surface area contributed by atoms with Gasteiger partial charge in [0.15, 0.2) is 6.04 Å². The Kier molecular flexibility index (Phi) is 5.32. The summed E-state index contributed by atoms with van der Waals surface area (Å²) < 4.78 is 48.4. The number of ether oxygens (including phenoxy) is 1. The van der Waals surface area contributed by atoms with Gasteiger partial charge in [-0.1, -0.05) is 50.2 Å². The topological polar surface area (TPSA) is 41.6 Å². The quantitative estimate of drug-likeness (QED) is 0.788. The van der Waals surface area contributed by atoms with Gasteiger partial charge in [0.1, 0.15) is 5.75 Å². The summed E-state index contributed by atoms with van der Waals surface area (Å²) in [7, 11) is 0. The molecule has 2 aromatic rings. The van der Waals surface area contributed by atoms with Crippen LogP contribution in [0, 0.1) is 11.3 Å². The fourth-order valence-electron chi connectivity index (χ4n) is 3.38. The third-order valence-corrected chi connectivity index (χ3v) is 4.81. The molecule has 152 valence electrons. The number of fused-ring (bicyclic) bond motifs is 1. The van der Waals surface area contributed by atoms with Gasteiger partial charge in [-0.05, 0) is 25.2 Å². The van der Waals surface area contributed by atoms with E-state index >= 15 is 0 Å². The molecule has 1 unspecified atom stereocenters. The van der Waals surface area contributed by atoms with Crippen molar-refractivity contribution in [2.45, 2.75) is 39.9 Å². The molecule has 2 aromatic carbocycles. The van der Waals surface area contributed by atoms with Crippen LogP contribution in [0.1, 0.15) is 39.3 Å². The van der Waals surface area contributed by atoms with E-state index in [-0.39, 0.29) is 23.8 Å². The second-order valence-electron chi connectivity index (χ2n) is 8.31. The molecule has 0 aliphatic carbocycles. The lowest BCUT2D eigenvalue weighted by Gasteiger charge is -2.31. The molecule has 1 aliphatic heterocycles. The predicted octanol–water partition coefficient (Wildman–Crippen LogP) is 4.85. The average molecular weight is 394 g/mol. The molecule has 0 spiro atoms. The second kappa shape index (κ2) is 7.28. The molecule has 1 amide bonds. The van der Waals surface area contributed by atoms with Crippen LogP contribution in [-0.4, -0.2) is 30.2 Å². The molecular weight excluding hydrogens is 369 g/mol. The molecule has 0 aromatic heterocycles. The maximum absolute atomic E-state index is 14.2. The van der Waals surface area contributed by atoms with E-state index in [1.165, 1.54) is 6.07 Å². The van der Waals surface area contributed by atoms with Crippen molar-refractivity contribution in [1.29, 1.82) is 0 Å². The Labute approximate surface area is 162 Å². The third kappa shape index (κ3) is 3.94. The highest BCUT2D eigenvalue weighted by Crippen LogP contribution is 2.45. The van der Waals surface area contributed by atoms with Crippen molar-refractivity contribution >= 4 is 16.7 Å². The predicted molar refractivity (Wildman–Crippen MR) is 102 cm³/mol. The van der Waals surface area contributed by atoms with Gasteiger partial charge < -0.3 is 4.74 Å². The van der Waals surface area contributed by atoms with Crippen molar-refractivity contribution in [1.82, 2.24) is 10.4 Å². The van der Waals surface area contributed by atoms with E-state index in [1.807, 2.05) is 26.0 Å². The standard InChI is InChI=1S/C21H25F3N2O2/c1-13(2)11-28-17-15-8-6-5-7-14(15)9-10-16(17)18(21(22,23)24)26-12-20(3,4)19(27)25-26/h5-10,13,18H,11-12H2,1-4H3,(H,25,27). The normalized spacial score (nSPS) is 18.5. The van der Waals surface area contributed by atoms with Gasteiger partial charge in [0.2, 0.25) is 5.91 Å². The van der Waals surface area contributed by atoms with Crippen LogP contribution in [0.5, 0.6) is 5.75 Å². The summed E-state index contributed by atoms with van der Waals surface area (Å²) in [6, 6.07) is 8.32. The molecular formula is C21H25F3N2O2. The largest absolute Gasteiger partial charge is 0.492 e. The lowest BCUT2D eigenvalue weighted by atomic mass is 9.93. The molecule has 7 heteroatoms. The number of amides is 1. The van der Waals surface area contributed by atoms with Gasteiger partial charge in [-0.15, -0.1) is 0 Å². The van der Waals surface area contributed by atoms with Crippen molar-refractivity contribution in [2.24, 2.45) is 11.3 Å². The Balaban J connectivity index is 2.14. The summed E-state index contributed by atoms with van der Waals surface area (Å²) in [6.07, 6.45) is -4.59. The number of hydrazine groups is 1. The summed E-state index contributed by atoms with van der Waals surface area (Å²) in [6.45, 7) is 7.39. The van der Waals surface area contributed by atoms with Crippen molar-refractivity contribution in [3.63, 3.8) is 0 Å². The molecule has 1 N–H and O–H groups in total.